The van der Waals surface area contributed by atoms with Crippen molar-refractivity contribution in [3.05, 3.63) is 42.1 Å². The van der Waals surface area contributed by atoms with E-state index in [2.05, 4.69) is 10.1 Å². The predicted octanol–water partition coefficient (Wildman–Crippen LogP) is 2.21. The Morgan fingerprint density at radius 2 is 2.00 bits per heavy atom. The molecule has 0 N–H and O–H groups in total. The Kier molecular flexibility index (Phi) is 4.51. The minimum Gasteiger partial charge on any atom is -0.363 e. The largest absolute Gasteiger partial charge is 0.363 e. The Hall–Kier alpha value is -2.61. The van der Waals surface area contributed by atoms with E-state index in [1.165, 1.54) is 10.9 Å². The molecule has 2 fully saturated rings. The van der Waals surface area contributed by atoms with Gasteiger partial charge in [-0.25, -0.2) is 14.1 Å². The van der Waals surface area contributed by atoms with Crippen LogP contribution in [-0.4, -0.2) is 50.1 Å². The summed E-state index contributed by atoms with van der Waals surface area (Å²) >= 11 is 0. The molecule has 0 bridgehead atoms. The number of rotatable bonds is 3. The molecule has 4 rings (SSSR count). The molecule has 0 radical (unpaired) electrons. The monoisotopic (exact) mass is 372 g/mol. The number of Topliss-reactive ketones (excluding diaryl/α,β-unsaturated/α-hetero) is 1. The zero-order chi connectivity index (χ0) is 19.0. The zero-order valence-electron chi connectivity index (χ0n) is 15.1. The van der Waals surface area contributed by atoms with E-state index in [1.807, 2.05) is 17.9 Å². The topological polar surface area (TPSA) is 77.3 Å². The van der Waals surface area contributed by atoms with Crippen molar-refractivity contribution in [1.29, 1.82) is 0 Å². The molecular weight excluding hydrogens is 351 g/mol. The van der Waals surface area contributed by atoms with Crippen LogP contribution in [0.2, 0.25) is 0 Å². The molecule has 1 spiro atoms. The van der Waals surface area contributed by atoms with Crippen LogP contribution in [0.4, 0.5) is 4.39 Å². The number of nitrogens with zero attached hydrogens (tertiary/aromatic N) is 4. The normalized spacial score (nSPS) is 20.9. The van der Waals surface area contributed by atoms with Gasteiger partial charge in [-0.05, 0) is 31.4 Å². The molecule has 8 heteroatoms. The van der Waals surface area contributed by atoms with Crippen molar-refractivity contribution in [3.63, 3.8) is 0 Å². The molecule has 3 heterocycles. The first-order chi connectivity index (χ1) is 13.0. The smallest absolute Gasteiger partial charge is 0.255 e. The number of ether oxygens (including phenoxy) is 1. The number of ketones is 1. The van der Waals surface area contributed by atoms with Crippen LogP contribution < -0.4 is 0 Å². The van der Waals surface area contributed by atoms with Crippen LogP contribution >= 0.6 is 0 Å². The molecule has 1 saturated heterocycles. The Bertz CT molecular complexity index is 854. The summed E-state index contributed by atoms with van der Waals surface area (Å²) in [5.41, 5.74) is 0.0177. The van der Waals surface area contributed by atoms with Crippen molar-refractivity contribution in [2.45, 2.75) is 44.2 Å². The molecule has 2 aliphatic rings. The van der Waals surface area contributed by atoms with Crippen molar-refractivity contribution in [1.82, 2.24) is 19.7 Å². The fraction of sp³-hybridized carbons (Fsp3) is 0.474. The molecule has 142 valence electrons. The molecule has 1 aliphatic carbocycles. The van der Waals surface area contributed by atoms with Gasteiger partial charge in [-0.2, -0.15) is 5.10 Å². The number of carbonyl (C=O) groups is 2. The van der Waals surface area contributed by atoms with Gasteiger partial charge in [0.2, 0.25) is 0 Å². The van der Waals surface area contributed by atoms with E-state index in [-0.39, 0.29) is 17.7 Å². The van der Waals surface area contributed by atoms with Crippen LogP contribution in [0.15, 0.2) is 30.7 Å². The highest BCUT2D eigenvalue weighted by molar-refractivity contribution is 5.90. The number of aromatic nitrogens is 3. The second-order valence-electron chi connectivity index (χ2n) is 7.11. The Morgan fingerprint density at radius 3 is 2.63 bits per heavy atom. The minimum absolute atomic E-state index is 0.0491. The lowest BCUT2D eigenvalue weighted by molar-refractivity contribution is -0.181. The van der Waals surface area contributed by atoms with Crippen molar-refractivity contribution >= 4 is 11.7 Å². The maximum Gasteiger partial charge on any atom is 0.255 e. The summed E-state index contributed by atoms with van der Waals surface area (Å²) in [6.07, 6.45) is 5.75. The van der Waals surface area contributed by atoms with E-state index in [1.54, 1.807) is 12.3 Å². The maximum atomic E-state index is 13.1. The molecule has 1 atom stereocenters. The molecule has 27 heavy (non-hydrogen) atoms. The number of amides is 1. The van der Waals surface area contributed by atoms with E-state index < -0.39 is 11.4 Å². The number of hydrogen-bond donors (Lipinski definition) is 0. The molecule has 1 amide bonds. The van der Waals surface area contributed by atoms with Gasteiger partial charge in [0.1, 0.15) is 11.4 Å². The number of hydrogen-bond acceptors (Lipinski definition) is 5. The third kappa shape index (κ3) is 3.25. The first-order valence-electron chi connectivity index (χ1n) is 9.12. The summed E-state index contributed by atoms with van der Waals surface area (Å²) < 4.78 is 20.3. The van der Waals surface area contributed by atoms with Gasteiger partial charge in [0.15, 0.2) is 11.6 Å². The number of carbonyl (C=O) groups excluding carboxylic acids is 2. The Labute approximate surface area is 156 Å². The third-order valence-electron chi connectivity index (χ3n) is 5.48. The van der Waals surface area contributed by atoms with Gasteiger partial charge < -0.3 is 9.64 Å². The lowest BCUT2D eigenvalue weighted by Gasteiger charge is -2.45. The fourth-order valence-corrected chi connectivity index (χ4v) is 3.81. The van der Waals surface area contributed by atoms with Gasteiger partial charge >= 0.3 is 0 Å². The highest BCUT2D eigenvalue weighted by Crippen LogP contribution is 2.37. The summed E-state index contributed by atoms with van der Waals surface area (Å²) in [7, 11) is 0. The van der Waals surface area contributed by atoms with Crippen molar-refractivity contribution < 1.29 is 18.7 Å². The lowest BCUT2D eigenvalue weighted by Crippen LogP contribution is -2.58. The van der Waals surface area contributed by atoms with Gasteiger partial charge in [0, 0.05) is 25.6 Å². The van der Waals surface area contributed by atoms with E-state index in [0.717, 1.165) is 11.8 Å². The van der Waals surface area contributed by atoms with E-state index in [4.69, 9.17) is 4.74 Å². The summed E-state index contributed by atoms with van der Waals surface area (Å²) in [5, 5.41) is 3.90. The van der Waals surface area contributed by atoms with Gasteiger partial charge in [0.25, 0.3) is 5.91 Å². The van der Waals surface area contributed by atoms with Crippen LogP contribution in [-0.2, 0) is 14.3 Å². The van der Waals surface area contributed by atoms with Crippen LogP contribution in [0.1, 0.15) is 44.2 Å². The average Bonchev–Trinajstić information content (AvgIpc) is 3.12. The van der Waals surface area contributed by atoms with E-state index >= 15 is 0 Å². The van der Waals surface area contributed by atoms with Gasteiger partial charge in [-0.15, -0.1) is 0 Å². The van der Waals surface area contributed by atoms with Crippen molar-refractivity contribution in [3.8, 4) is 5.82 Å². The first kappa shape index (κ1) is 17.8. The SMILES string of the molecule is C[C@@H](c1ccc(-n2cc(F)cn2)nc1)N1CCOC2(CCC(=O)CC2)C1=O. The van der Waals surface area contributed by atoms with Gasteiger partial charge in [-0.1, -0.05) is 6.07 Å². The second-order valence-corrected chi connectivity index (χ2v) is 7.11. The molecule has 1 aliphatic heterocycles. The Morgan fingerprint density at radius 1 is 1.22 bits per heavy atom. The standard InChI is InChI=1S/C19H21FN4O3/c1-13(14-2-3-17(21-10-14)24-12-15(20)11-22-24)23-8-9-27-19(18(23)26)6-4-16(25)5-7-19/h2-3,10-13H,4-9H2,1H3/t13-/m0/s1. The maximum absolute atomic E-state index is 13.1. The molecule has 0 aromatic carbocycles. The van der Waals surface area contributed by atoms with E-state index in [9.17, 15) is 14.0 Å². The number of morpholine rings is 1. The van der Waals surface area contributed by atoms with Crippen molar-refractivity contribution in [2.24, 2.45) is 0 Å². The highest BCUT2D eigenvalue weighted by Gasteiger charge is 2.48. The van der Waals surface area contributed by atoms with Crippen molar-refractivity contribution in [2.75, 3.05) is 13.2 Å². The molecule has 2 aromatic rings. The molecule has 7 nitrogen and oxygen atoms in total. The van der Waals surface area contributed by atoms with Gasteiger partial charge in [0.05, 0.1) is 25.0 Å². The fourth-order valence-electron chi connectivity index (χ4n) is 3.81. The highest BCUT2D eigenvalue weighted by atomic mass is 19.1. The van der Waals surface area contributed by atoms with Crippen LogP contribution in [0.25, 0.3) is 5.82 Å². The number of halogens is 1. The molecular formula is C19H21FN4O3. The quantitative estimate of drug-likeness (QED) is 0.826. The van der Waals surface area contributed by atoms with E-state index in [0.29, 0.717) is 44.7 Å². The second kappa shape index (κ2) is 6.84. The zero-order valence-corrected chi connectivity index (χ0v) is 15.1. The summed E-state index contributed by atoms with van der Waals surface area (Å²) in [6.45, 7) is 2.92. The minimum atomic E-state index is -0.861. The van der Waals surface area contributed by atoms with Gasteiger partial charge in [-0.3, -0.25) is 9.59 Å². The average molecular weight is 372 g/mol. The molecule has 0 unspecified atom stereocenters. The Balaban J connectivity index is 1.52. The lowest BCUT2D eigenvalue weighted by atomic mass is 9.81. The summed E-state index contributed by atoms with van der Waals surface area (Å²) in [4.78, 5) is 30.8. The number of pyridine rings is 1. The van der Waals surface area contributed by atoms with Crippen LogP contribution in [0, 0.1) is 5.82 Å². The van der Waals surface area contributed by atoms with Crippen LogP contribution in [0.3, 0.4) is 0 Å². The van der Waals surface area contributed by atoms with Crippen LogP contribution in [0.5, 0.6) is 0 Å². The molecule has 2 aromatic heterocycles. The third-order valence-corrected chi connectivity index (χ3v) is 5.48. The predicted molar refractivity (Wildman–Crippen MR) is 93.6 cm³/mol. The molecule has 1 saturated carbocycles. The summed E-state index contributed by atoms with van der Waals surface area (Å²) in [5.74, 6) is 0.221. The summed E-state index contributed by atoms with van der Waals surface area (Å²) in [6, 6.07) is 3.44. The first-order valence-corrected chi connectivity index (χ1v) is 9.12.